The zero-order chi connectivity index (χ0) is 22.2. The predicted molar refractivity (Wildman–Crippen MR) is 124 cm³/mol. The number of nitrogens with one attached hydrogen (secondary N) is 1. The zero-order valence-corrected chi connectivity index (χ0v) is 19.6. The number of hydrogen-bond acceptors (Lipinski definition) is 7. The van der Waals surface area contributed by atoms with Gasteiger partial charge in [-0.3, -0.25) is 14.2 Å². The summed E-state index contributed by atoms with van der Waals surface area (Å²) in [6.45, 7) is 4.59. The normalized spacial score (nSPS) is 10.8. The molecule has 0 bridgehead atoms. The van der Waals surface area contributed by atoms with E-state index in [9.17, 15) is 9.59 Å². The van der Waals surface area contributed by atoms with E-state index >= 15 is 0 Å². The van der Waals surface area contributed by atoms with Gasteiger partial charge in [-0.1, -0.05) is 23.4 Å². The summed E-state index contributed by atoms with van der Waals surface area (Å²) in [5.41, 5.74) is 0.886. The summed E-state index contributed by atoms with van der Waals surface area (Å²) in [7, 11) is 0. The van der Waals surface area contributed by atoms with Crippen molar-refractivity contribution in [3.05, 3.63) is 51.4 Å². The van der Waals surface area contributed by atoms with Gasteiger partial charge in [-0.25, -0.2) is 0 Å². The number of aromatic nitrogens is 3. The number of thiophene rings is 1. The van der Waals surface area contributed by atoms with Gasteiger partial charge in [0.1, 0.15) is 11.6 Å². The van der Waals surface area contributed by atoms with Crippen molar-refractivity contribution in [1.82, 2.24) is 20.1 Å². The molecule has 0 aliphatic carbocycles. The number of nitrogens with zero attached hydrogens (tertiary/aromatic N) is 3. The molecule has 0 unspecified atom stereocenters. The second kappa shape index (κ2) is 11.3. The third-order valence-corrected chi connectivity index (χ3v) is 6.44. The van der Waals surface area contributed by atoms with Crippen LogP contribution >= 0.6 is 34.7 Å². The number of aryl methyl sites for hydroxylation is 1. The number of halogens is 1. The highest BCUT2D eigenvalue weighted by Gasteiger charge is 2.17. The highest BCUT2D eigenvalue weighted by atomic mass is 35.5. The average molecular weight is 479 g/mol. The number of hydrogen-bond donors (Lipinski definition) is 1. The lowest BCUT2D eigenvalue weighted by molar-refractivity contribution is -0.118. The number of rotatable bonds is 11. The molecule has 0 fully saturated rings. The average Bonchev–Trinajstić information content (AvgIpc) is 3.36. The van der Waals surface area contributed by atoms with Gasteiger partial charge in [0, 0.05) is 25.6 Å². The van der Waals surface area contributed by atoms with Gasteiger partial charge in [-0.2, -0.15) is 0 Å². The van der Waals surface area contributed by atoms with Crippen molar-refractivity contribution in [2.75, 3.05) is 18.9 Å². The summed E-state index contributed by atoms with van der Waals surface area (Å²) in [5, 5.41) is 12.1. The lowest BCUT2D eigenvalue weighted by Crippen LogP contribution is -2.21. The fourth-order valence-electron chi connectivity index (χ4n) is 2.85. The van der Waals surface area contributed by atoms with Crippen LogP contribution in [0.25, 0.3) is 5.69 Å². The fourth-order valence-corrected chi connectivity index (χ4v) is 4.78. The first-order valence-electron chi connectivity index (χ1n) is 9.81. The molecular weight excluding hydrogens is 456 g/mol. The third-order valence-electron chi connectivity index (χ3n) is 4.24. The number of benzene rings is 1. The summed E-state index contributed by atoms with van der Waals surface area (Å²) in [5.74, 6) is 1.72. The van der Waals surface area contributed by atoms with E-state index in [1.165, 1.54) is 30.0 Å². The Hall–Kier alpha value is -2.36. The summed E-state index contributed by atoms with van der Waals surface area (Å²) >= 11 is 8.55. The van der Waals surface area contributed by atoms with Gasteiger partial charge >= 0.3 is 0 Å². The molecule has 7 nitrogen and oxygen atoms in total. The number of carbonyl (C=O) groups is 2. The van der Waals surface area contributed by atoms with Gasteiger partial charge in [0.05, 0.1) is 21.6 Å². The van der Waals surface area contributed by atoms with E-state index in [0.29, 0.717) is 33.9 Å². The Morgan fingerprint density at radius 1 is 1.19 bits per heavy atom. The molecule has 0 spiro atoms. The van der Waals surface area contributed by atoms with Crippen LogP contribution in [0, 0.1) is 0 Å². The molecule has 2 aromatic heterocycles. The number of amides is 1. The molecule has 0 aliphatic rings. The van der Waals surface area contributed by atoms with Gasteiger partial charge in [0.15, 0.2) is 10.9 Å². The van der Waals surface area contributed by atoms with Crippen molar-refractivity contribution in [3.8, 4) is 11.4 Å². The molecule has 3 aromatic rings. The minimum atomic E-state index is -0.0589. The molecule has 1 amide bonds. The smallest absolute Gasteiger partial charge is 0.216 e. The van der Waals surface area contributed by atoms with Gasteiger partial charge in [0.2, 0.25) is 5.91 Å². The van der Waals surface area contributed by atoms with Crippen molar-refractivity contribution in [2.45, 2.75) is 31.8 Å². The topological polar surface area (TPSA) is 86.1 Å². The molecule has 1 aromatic carbocycles. The van der Waals surface area contributed by atoms with Crippen LogP contribution in [0.2, 0.25) is 4.34 Å². The Morgan fingerprint density at radius 2 is 1.97 bits per heavy atom. The minimum absolute atomic E-state index is 0.00430. The maximum atomic E-state index is 12.5. The van der Waals surface area contributed by atoms with E-state index in [1.807, 2.05) is 35.8 Å². The first-order valence-corrected chi connectivity index (χ1v) is 12.0. The number of ether oxygens (including phenoxy) is 1. The molecule has 0 aliphatic heterocycles. The zero-order valence-electron chi connectivity index (χ0n) is 17.3. The summed E-state index contributed by atoms with van der Waals surface area (Å²) in [6.07, 6.45) is 1.36. The molecule has 0 radical (unpaired) electrons. The number of carbonyl (C=O) groups excluding carboxylic acids is 2. The van der Waals surface area contributed by atoms with Gasteiger partial charge < -0.3 is 10.1 Å². The van der Waals surface area contributed by atoms with Crippen LogP contribution in [-0.2, 0) is 11.2 Å². The molecule has 10 heteroatoms. The molecule has 31 heavy (non-hydrogen) atoms. The molecule has 0 saturated heterocycles. The van der Waals surface area contributed by atoms with Crippen molar-refractivity contribution < 1.29 is 14.3 Å². The van der Waals surface area contributed by atoms with Gasteiger partial charge in [-0.05, 0) is 49.7 Å². The van der Waals surface area contributed by atoms with Crippen molar-refractivity contribution in [1.29, 1.82) is 0 Å². The summed E-state index contributed by atoms with van der Waals surface area (Å²) < 4.78 is 8.07. The Bertz CT molecular complexity index is 1030. The van der Waals surface area contributed by atoms with Crippen LogP contribution in [0.3, 0.4) is 0 Å². The lowest BCUT2D eigenvalue weighted by atomic mass is 10.2. The number of thioether (sulfide) groups is 1. The van der Waals surface area contributed by atoms with Crippen LogP contribution in [0.4, 0.5) is 0 Å². The van der Waals surface area contributed by atoms with Crippen molar-refractivity contribution >= 4 is 46.4 Å². The fraction of sp³-hybridized carbons (Fsp3) is 0.333. The maximum Gasteiger partial charge on any atom is 0.216 e. The standard InChI is InChI=1S/C21H23ClN4O3S2/c1-3-29-16-8-6-15(7-9-16)26-20(5-4-12-23-14(2)27)24-25-21(26)30-13-17(28)18-10-11-19(22)31-18/h6-11H,3-5,12-13H2,1-2H3,(H,23,27). The molecule has 2 heterocycles. The first-order chi connectivity index (χ1) is 15.0. The SMILES string of the molecule is CCOc1ccc(-n2c(CCCNC(C)=O)nnc2SCC(=O)c2ccc(Cl)s2)cc1. The monoisotopic (exact) mass is 478 g/mol. The molecular formula is C21H23ClN4O3S2. The second-order valence-corrected chi connectivity index (χ2v) is 9.22. The van der Waals surface area contributed by atoms with E-state index in [-0.39, 0.29) is 17.4 Å². The predicted octanol–water partition coefficient (Wildman–Crippen LogP) is 4.42. The second-order valence-electron chi connectivity index (χ2n) is 6.56. The third kappa shape index (κ3) is 6.56. The van der Waals surface area contributed by atoms with Crippen LogP contribution in [0.1, 0.15) is 35.8 Å². The van der Waals surface area contributed by atoms with E-state index in [4.69, 9.17) is 16.3 Å². The Balaban J connectivity index is 1.78. The Kier molecular flexibility index (Phi) is 8.51. The molecule has 164 valence electrons. The summed E-state index contributed by atoms with van der Waals surface area (Å²) in [6, 6.07) is 11.1. The Morgan fingerprint density at radius 3 is 2.61 bits per heavy atom. The van der Waals surface area contributed by atoms with E-state index in [2.05, 4.69) is 15.5 Å². The van der Waals surface area contributed by atoms with Gasteiger partial charge in [0.25, 0.3) is 0 Å². The maximum absolute atomic E-state index is 12.5. The lowest BCUT2D eigenvalue weighted by Gasteiger charge is -2.11. The van der Waals surface area contributed by atoms with E-state index in [0.717, 1.165) is 23.7 Å². The highest BCUT2D eigenvalue weighted by Crippen LogP contribution is 2.27. The largest absolute Gasteiger partial charge is 0.494 e. The minimum Gasteiger partial charge on any atom is -0.494 e. The van der Waals surface area contributed by atoms with Crippen LogP contribution in [0.15, 0.2) is 41.6 Å². The molecule has 3 rings (SSSR count). The van der Waals surface area contributed by atoms with E-state index in [1.54, 1.807) is 12.1 Å². The first kappa shape index (κ1) is 23.3. The Labute approximate surface area is 194 Å². The molecule has 0 saturated carbocycles. The van der Waals surface area contributed by atoms with Crippen LogP contribution in [-0.4, -0.2) is 45.4 Å². The quantitative estimate of drug-likeness (QED) is 0.249. The highest BCUT2D eigenvalue weighted by molar-refractivity contribution is 7.99. The molecule has 0 atom stereocenters. The summed E-state index contributed by atoms with van der Waals surface area (Å²) in [4.78, 5) is 24.2. The number of Topliss-reactive ketones (excluding diaryl/α,β-unsaturated/α-hetero) is 1. The van der Waals surface area contributed by atoms with Crippen molar-refractivity contribution in [3.63, 3.8) is 0 Å². The molecule has 1 N–H and O–H groups in total. The number of ketones is 1. The van der Waals surface area contributed by atoms with Gasteiger partial charge in [-0.15, -0.1) is 21.5 Å². The van der Waals surface area contributed by atoms with Crippen LogP contribution in [0.5, 0.6) is 5.75 Å². The van der Waals surface area contributed by atoms with Crippen molar-refractivity contribution in [2.24, 2.45) is 0 Å². The van der Waals surface area contributed by atoms with E-state index < -0.39 is 0 Å². The van der Waals surface area contributed by atoms with Crippen LogP contribution < -0.4 is 10.1 Å².